The van der Waals surface area contributed by atoms with Crippen LogP contribution in [0, 0.1) is 0 Å². The highest BCUT2D eigenvalue weighted by Gasteiger charge is 2.12. The van der Waals surface area contributed by atoms with Crippen LogP contribution in [0.15, 0.2) is 22.2 Å². The highest BCUT2D eigenvalue weighted by atomic mass is 32.1. The van der Waals surface area contributed by atoms with Gasteiger partial charge in [0.15, 0.2) is 10.8 Å². The van der Waals surface area contributed by atoms with Crippen molar-refractivity contribution in [2.24, 2.45) is 0 Å². The van der Waals surface area contributed by atoms with Crippen molar-refractivity contribution in [2.45, 2.75) is 6.42 Å². The van der Waals surface area contributed by atoms with Gasteiger partial charge in [-0.15, -0.1) is 11.3 Å². The van der Waals surface area contributed by atoms with Crippen LogP contribution in [0.3, 0.4) is 0 Å². The molecule has 0 saturated carbocycles. The SMILES string of the molecule is O=C(O)Cc1csc(NC(=O)c2ccon2)n1. The first-order chi connectivity index (χ1) is 8.15. The molecule has 17 heavy (non-hydrogen) atoms. The van der Waals surface area contributed by atoms with Crippen LogP contribution in [0.25, 0.3) is 0 Å². The summed E-state index contributed by atoms with van der Waals surface area (Å²) in [7, 11) is 0. The van der Waals surface area contributed by atoms with Gasteiger partial charge in [0.2, 0.25) is 0 Å². The number of thiazole rings is 1. The number of carboxylic acid groups (broad SMARTS) is 1. The Bertz CT molecular complexity index is 534. The van der Waals surface area contributed by atoms with Crippen LogP contribution in [-0.4, -0.2) is 27.1 Å². The highest BCUT2D eigenvalue weighted by molar-refractivity contribution is 7.14. The Morgan fingerprint density at radius 2 is 2.35 bits per heavy atom. The van der Waals surface area contributed by atoms with E-state index in [0.717, 1.165) is 11.3 Å². The van der Waals surface area contributed by atoms with Gasteiger partial charge in [-0.05, 0) is 0 Å². The fraction of sp³-hybridized carbons (Fsp3) is 0.111. The third-order valence-corrected chi connectivity index (χ3v) is 2.58. The summed E-state index contributed by atoms with van der Waals surface area (Å²) in [5.41, 5.74) is 0.540. The molecule has 0 bridgehead atoms. The van der Waals surface area contributed by atoms with Gasteiger partial charge in [0.05, 0.1) is 12.1 Å². The molecule has 2 aromatic rings. The Hall–Kier alpha value is -2.22. The Kier molecular flexibility index (Phi) is 3.15. The number of aromatic nitrogens is 2. The first kappa shape index (κ1) is 11.3. The average molecular weight is 253 g/mol. The lowest BCUT2D eigenvalue weighted by Crippen LogP contribution is -2.12. The van der Waals surface area contributed by atoms with E-state index in [1.54, 1.807) is 5.38 Å². The number of carbonyl (C=O) groups excluding carboxylic acids is 1. The summed E-state index contributed by atoms with van der Waals surface area (Å²) in [6.07, 6.45) is 1.11. The number of carboxylic acids is 1. The van der Waals surface area contributed by atoms with Gasteiger partial charge in [-0.25, -0.2) is 4.98 Å². The van der Waals surface area contributed by atoms with Gasteiger partial charge >= 0.3 is 5.97 Å². The molecule has 1 amide bonds. The number of carbonyl (C=O) groups is 2. The van der Waals surface area contributed by atoms with Crippen LogP contribution in [0.1, 0.15) is 16.2 Å². The number of hydrogen-bond donors (Lipinski definition) is 2. The molecule has 0 spiro atoms. The molecule has 0 fully saturated rings. The van der Waals surface area contributed by atoms with E-state index in [2.05, 4.69) is 20.0 Å². The van der Waals surface area contributed by atoms with E-state index >= 15 is 0 Å². The second-order valence-electron chi connectivity index (χ2n) is 3.05. The molecule has 7 nitrogen and oxygen atoms in total. The van der Waals surface area contributed by atoms with E-state index in [1.165, 1.54) is 12.3 Å². The summed E-state index contributed by atoms with van der Waals surface area (Å²) in [6, 6.07) is 1.42. The van der Waals surface area contributed by atoms with Crippen molar-refractivity contribution in [1.29, 1.82) is 0 Å². The van der Waals surface area contributed by atoms with Crippen molar-refractivity contribution in [3.05, 3.63) is 29.1 Å². The predicted octanol–water partition coefficient (Wildman–Crippen LogP) is 1.01. The lowest BCUT2D eigenvalue weighted by molar-refractivity contribution is -0.136. The molecule has 0 aromatic carbocycles. The highest BCUT2D eigenvalue weighted by Crippen LogP contribution is 2.16. The van der Waals surface area contributed by atoms with Crippen molar-refractivity contribution in [3.8, 4) is 0 Å². The summed E-state index contributed by atoms with van der Waals surface area (Å²) >= 11 is 1.15. The Morgan fingerprint density at radius 3 is 3.00 bits per heavy atom. The summed E-state index contributed by atoms with van der Waals surface area (Å²) in [4.78, 5) is 25.9. The van der Waals surface area contributed by atoms with Gasteiger partial charge in [-0.2, -0.15) is 0 Å². The average Bonchev–Trinajstić information content (AvgIpc) is 2.87. The minimum atomic E-state index is -0.968. The normalized spacial score (nSPS) is 10.1. The summed E-state index contributed by atoms with van der Waals surface area (Å²) in [6.45, 7) is 0. The molecule has 88 valence electrons. The number of amides is 1. The summed E-state index contributed by atoms with van der Waals surface area (Å²) in [5, 5.41) is 16.4. The minimum Gasteiger partial charge on any atom is -0.481 e. The molecule has 0 atom stereocenters. The van der Waals surface area contributed by atoms with Gasteiger partial charge in [-0.1, -0.05) is 5.16 Å². The zero-order chi connectivity index (χ0) is 12.3. The predicted molar refractivity (Wildman–Crippen MR) is 57.9 cm³/mol. The van der Waals surface area contributed by atoms with Crippen molar-refractivity contribution in [3.63, 3.8) is 0 Å². The van der Waals surface area contributed by atoms with Crippen molar-refractivity contribution >= 4 is 28.3 Å². The number of hydrogen-bond acceptors (Lipinski definition) is 6. The molecule has 2 N–H and O–H groups in total. The molecule has 0 aliphatic carbocycles. The number of anilines is 1. The second-order valence-corrected chi connectivity index (χ2v) is 3.91. The van der Waals surface area contributed by atoms with Crippen molar-refractivity contribution < 1.29 is 19.2 Å². The van der Waals surface area contributed by atoms with Crippen molar-refractivity contribution in [2.75, 3.05) is 5.32 Å². The Balaban J connectivity index is 2.02. The maximum atomic E-state index is 11.5. The number of nitrogens with zero attached hydrogens (tertiary/aromatic N) is 2. The standard InChI is InChI=1S/C9H7N3O4S/c13-7(14)3-5-4-17-9(10-5)11-8(15)6-1-2-16-12-6/h1-2,4H,3H2,(H,13,14)(H,10,11,15). The van der Waals surface area contributed by atoms with E-state index in [-0.39, 0.29) is 12.1 Å². The number of nitrogens with one attached hydrogen (secondary N) is 1. The third kappa shape index (κ3) is 2.88. The Labute approximate surface area is 99.1 Å². The van der Waals surface area contributed by atoms with Crippen LogP contribution in [0.2, 0.25) is 0 Å². The molecule has 0 radical (unpaired) electrons. The van der Waals surface area contributed by atoms with E-state index in [1.807, 2.05) is 0 Å². The lowest BCUT2D eigenvalue weighted by atomic mass is 10.3. The topological polar surface area (TPSA) is 105 Å². The van der Waals surface area contributed by atoms with Crippen LogP contribution in [0.5, 0.6) is 0 Å². The van der Waals surface area contributed by atoms with Gasteiger partial charge in [0.25, 0.3) is 5.91 Å². The molecule has 2 heterocycles. The third-order valence-electron chi connectivity index (χ3n) is 1.78. The molecule has 0 saturated heterocycles. The Morgan fingerprint density at radius 1 is 1.53 bits per heavy atom. The van der Waals surface area contributed by atoms with E-state index in [9.17, 15) is 9.59 Å². The first-order valence-electron chi connectivity index (χ1n) is 4.53. The molecule has 8 heteroatoms. The van der Waals surface area contributed by atoms with Crippen molar-refractivity contribution in [1.82, 2.24) is 10.1 Å². The molecular formula is C9H7N3O4S. The fourth-order valence-electron chi connectivity index (χ4n) is 1.09. The lowest BCUT2D eigenvalue weighted by Gasteiger charge is -1.96. The molecule has 0 unspecified atom stereocenters. The summed E-state index contributed by atoms with van der Waals surface area (Å²) in [5.74, 6) is -1.42. The second kappa shape index (κ2) is 4.74. The van der Waals surface area contributed by atoms with Crippen LogP contribution in [-0.2, 0) is 11.2 Å². The number of rotatable bonds is 4. The molecule has 0 aliphatic rings. The maximum Gasteiger partial charge on any atom is 0.309 e. The monoisotopic (exact) mass is 253 g/mol. The van der Waals surface area contributed by atoms with Gasteiger partial charge in [-0.3, -0.25) is 14.9 Å². The largest absolute Gasteiger partial charge is 0.481 e. The molecule has 2 aromatic heterocycles. The zero-order valence-electron chi connectivity index (χ0n) is 8.41. The first-order valence-corrected chi connectivity index (χ1v) is 5.41. The fourth-order valence-corrected chi connectivity index (χ4v) is 1.80. The van der Waals surface area contributed by atoms with E-state index < -0.39 is 11.9 Å². The minimum absolute atomic E-state index is 0.139. The number of aliphatic carboxylic acids is 1. The quantitative estimate of drug-likeness (QED) is 0.842. The molecule has 0 aliphatic heterocycles. The smallest absolute Gasteiger partial charge is 0.309 e. The van der Waals surface area contributed by atoms with Gasteiger partial charge in [0, 0.05) is 11.4 Å². The van der Waals surface area contributed by atoms with Crippen LogP contribution >= 0.6 is 11.3 Å². The summed E-state index contributed by atoms with van der Waals surface area (Å²) < 4.78 is 4.53. The molecule has 2 rings (SSSR count). The van der Waals surface area contributed by atoms with Gasteiger partial charge < -0.3 is 9.63 Å². The zero-order valence-corrected chi connectivity index (χ0v) is 9.23. The van der Waals surface area contributed by atoms with Crippen LogP contribution in [0.4, 0.5) is 5.13 Å². The van der Waals surface area contributed by atoms with Gasteiger partial charge in [0.1, 0.15) is 6.26 Å². The van der Waals surface area contributed by atoms with E-state index in [4.69, 9.17) is 5.11 Å². The van der Waals surface area contributed by atoms with E-state index in [0.29, 0.717) is 10.8 Å². The molecular weight excluding hydrogens is 246 g/mol. The maximum absolute atomic E-state index is 11.5. The van der Waals surface area contributed by atoms with Crippen LogP contribution < -0.4 is 5.32 Å².